The molecule has 6 heteroatoms. The zero-order valence-electron chi connectivity index (χ0n) is 13.8. The van der Waals surface area contributed by atoms with Gasteiger partial charge in [-0.1, -0.05) is 0 Å². The van der Waals surface area contributed by atoms with Gasteiger partial charge in [0.05, 0.1) is 6.54 Å². The average molecular weight is 324 g/mol. The Morgan fingerprint density at radius 1 is 1.45 bits per heavy atom. The van der Waals surface area contributed by atoms with E-state index in [1.807, 2.05) is 25.7 Å². The number of likely N-dealkylation sites (N-methyl/N-ethyl adjacent to an activating group) is 1. The summed E-state index contributed by atoms with van der Waals surface area (Å²) in [5, 5.41) is 6.24. The van der Waals surface area contributed by atoms with E-state index in [2.05, 4.69) is 20.1 Å². The SMILES string of the molecule is CN(C)CCNC(=O)CCC1CCN(Cc2nccs2)CC1. The lowest BCUT2D eigenvalue weighted by Crippen LogP contribution is -2.34. The van der Waals surface area contributed by atoms with Crippen molar-refractivity contribution in [2.45, 2.75) is 32.2 Å². The summed E-state index contributed by atoms with van der Waals surface area (Å²) in [5.74, 6) is 0.902. The van der Waals surface area contributed by atoms with E-state index in [4.69, 9.17) is 0 Å². The van der Waals surface area contributed by atoms with Crippen LogP contribution < -0.4 is 5.32 Å². The van der Waals surface area contributed by atoms with E-state index >= 15 is 0 Å². The number of piperidine rings is 1. The smallest absolute Gasteiger partial charge is 0.220 e. The third-order valence-electron chi connectivity index (χ3n) is 4.21. The Balaban J connectivity index is 1.56. The van der Waals surface area contributed by atoms with Crippen LogP contribution in [0.3, 0.4) is 0 Å². The number of hydrogen-bond acceptors (Lipinski definition) is 5. The minimum Gasteiger partial charge on any atom is -0.355 e. The Labute approximate surface area is 137 Å². The minimum atomic E-state index is 0.201. The average Bonchev–Trinajstić information content (AvgIpc) is 2.99. The number of carbonyl (C=O) groups is 1. The van der Waals surface area contributed by atoms with Gasteiger partial charge in [-0.3, -0.25) is 9.69 Å². The van der Waals surface area contributed by atoms with Crippen molar-refractivity contribution in [1.82, 2.24) is 20.1 Å². The van der Waals surface area contributed by atoms with E-state index in [-0.39, 0.29) is 5.91 Å². The first-order valence-electron chi connectivity index (χ1n) is 8.15. The monoisotopic (exact) mass is 324 g/mol. The van der Waals surface area contributed by atoms with Crippen molar-refractivity contribution in [2.24, 2.45) is 5.92 Å². The van der Waals surface area contributed by atoms with Crippen molar-refractivity contribution in [3.63, 3.8) is 0 Å². The Morgan fingerprint density at radius 3 is 2.86 bits per heavy atom. The second-order valence-corrected chi connectivity index (χ2v) is 7.32. The molecule has 2 rings (SSSR count). The quantitative estimate of drug-likeness (QED) is 0.792. The molecule has 0 radical (unpaired) electrons. The largest absolute Gasteiger partial charge is 0.355 e. The number of hydrogen-bond donors (Lipinski definition) is 1. The van der Waals surface area contributed by atoms with Gasteiger partial charge in [0.2, 0.25) is 5.91 Å². The van der Waals surface area contributed by atoms with Crippen LogP contribution in [0.15, 0.2) is 11.6 Å². The summed E-state index contributed by atoms with van der Waals surface area (Å²) < 4.78 is 0. The maximum absolute atomic E-state index is 11.8. The molecule has 0 spiro atoms. The highest BCUT2D eigenvalue weighted by molar-refractivity contribution is 7.09. The van der Waals surface area contributed by atoms with Gasteiger partial charge < -0.3 is 10.2 Å². The topological polar surface area (TPSA) is 48.5 Å². The lowest BCUT2D eigenvalue weighted by Gasteiger charge is -2.31. The maximum atomic E-state index is 11.8. The van der Waals surface area contributed by atoms with Gasteiger partial charge in [-0.15, -0.1) is 11.3 Å². The number of likely N-dealkylation sites (tertiary alicyclic amines) is 1. The van der Waals surface area contributed by atoms with Crippen molar-refractivity contribution < 1.29 is 4.79 Å². The zero-order valence-corrected chi connectivity index (χ0v) is 14.6. The molecule has 1 N–H and O–H groups in total. The van der Waals surface area contributed by atoms with Crippen molar-refractivity contribution in [3.8, 4) is 0 Å². The molecule has 1 fully saturated rings. The molecule has 0 atom stereocenters. The molecule has 0 unspecified atom stereocenters. The number of nitrogens with zero attached hydrogens (tertiary/aromatic N) is 3. The van der Waals surface area contributed by atoms with Crippen LogP contribution in [0.2, 0.25) is 0 Å². The van der Waals surface area contributed by atoms with Gasteiger partial charge in [0, 0.05) is 31.1 Å². The predicted octanol–water partition coefficient (Wildman–Crippen LogP) is 1.81. The Morgan fingerprint density at radius 2 is 2.23 bits per heavy atom. The van der Waals surface area contributed by atoms with Crippen LogP contribution in [0.4, 0.5) is 0 Å². The van der Waals surface area contributed by atoms with Gasteiger partial charge in [0.15, 0.2) is 0 Å². The van der Waals surface area contributed by atoms with Crippen LogP contribution in [0.1, 0.15) is 30.7 Å². The van der Waals surface area contributed by atoms with Crippen LogP contribution in [0.25, 0.3) is 0 Å². The molecule has 5 nitrogen and oxygen atoms in total. The number of amides is 1. The van der Waals surface area contributed by atoms with Crippen LogP contribution in [0, 0.1) is 5.92 Å². The number of aromatic nitrogens is 1. The zero-order chi connectivity index (χ0) is 15.8. The third-order valence-corrected chi connectivity index (χ3v) is 4.97. The van der Waals surface area contributed by atoms with E-state index in [1.165, 1.54) is 17.8 Å². The first kappa shape index (κ1) is 17.4. The molecule has 0 bridgehead atoms. The molecule has 1 aliphatic rings. The predicted molar refractivity (Wildman–Crippen MR) is 90.9 cm³/mol. The molecule has 1 saturated heterocycles. The summed E-state index contributed by atoms with van der Waals surface area (Å²) in [5.41, 5.74) is 0. The molecule has 1 aliphatic heterocycles. The number of thiazole rings is 1. The number of rotatable bonds is 8. The molecule has 1 aromatic rings. The van der Waals surface area contributed by atoms with Gasteiger partial charge >= 0.3 is 0 Å². The molecule has 22 heavy (non-hydrogen) atoms. The Kier molecular flexibility index (Phi) is 7.29. The van der Waals surface area contributed by atoms with Gasteiger partial charge in [0.25, 0.3) is 0 Å². The molecule has 1 amide bonds. The summed E-state index contributed by atoms with van der Waals surface area (Å²) in [6, 6.07) is 0. The number of nitrogens with one attached hydrogen (secondary N) is 1. The summed E-state index contributed by atoms with van der Waals surface area (Å²) in [7, 11) is 4.04. The van der Waals surface area contributed by atoms with Crippen molar-refractivity contribution >= 4 is 17.2 Å². The van der Waals surface area contributed by atoms with E-state index in [0.29, 0.717) is 12.3 Å². The molecular weight excluding hydrogens is 296 g/mol. The molecule has 0 aromatic carbocycles. The Hall–Kier alpha value is -0.980. The third kappa shape index (κ3) is 6.42. The van der Waals surface area contributed by atoms with E-state index < -0.39 is 0 Å². The van der Waals surface area contributed by atoms with E-state index in [9.17, 15) is 4.79 Å². The van der Waals surface area contributed by atoms with Gasteiger partial charge in [-0.05, 0) is 52.4 Å². The molecule has 0 aliphatic carbocycles. The first-order valence-corrected chi connectivity index (χ1v) is 9.03. The summed E-state index contributed by atoms with van der Waals surface area (Å²) in [4.78, 5) is 20.7. The minimum absolute atomic E-state index is 0.201. The highest BCUT2D eigenvalue weighted by Gasteiger charge is 2.20. The van der Waals surface area contributed by atoms with Crippen molar-refractivity contribution in [2.75, 3.05) is 40.3 Å². The van der Waals surface area contributed by atoms with Crippen LogP contribution in [-0.2, 0) is 11.3 Å². The lowest BCUT2D eigenvalue weighted by molar-refractivity contribution is -0.121. The lowest BCUT2D eigenvalue weighted by atomic mass is 9.92. The second kappa shape index (κ2) is 9.22. The highest BCUT2D eigenvalue weighted by Crippen LogP contribution is 2.23. The summed E-state index contributed by atoms with van der Waals surface area (Å²) in [6.45, 7) is 4.90. The van der Waals surface area contributed by atoms with Crippen LogP contribution >= 0.6 is 11.3 Å². The maximum Gasteiger partial charge on any atom is 0.220 e. The summed E-state index contributed by atoms with van der Waals surface area (Å²) >= 11 is 1.73. The highest BCUT2D eigenvalue weighted by atomic mass is 32.1. The molecular formula is C16H28N4OS. The molecule has 0 saturated carbocycles. The fourth-order valence-electron chi connectivity index (χ4n) is 2.80. The van der Waals surface area contributed by atoms with Gasteiger partial charge in [-0.2, -0.15) is 0 Å². The van der Waals surface area contributed by atoms with Crippen LogP contribution in [0.5, 0.6) is 0 Å². The van der Waals surface area contributed by atoms with E-state index in [1.54, 1.807) is 11.3 Å². The fourth-order valence-corrected chi connectivity index (χ4v) is 3.46. The molecule has 2 heterocycles. The normalized spacial score (nSPS) is 17.0. The standard InChI is InChI=1S/C16H28N4OS/c1-19(2)11-7-17-15(21)4-3-14-5-9-20(10-6-14)13-16-18-8-12-22-16/h8,12,14H,3-7,9-11,13H2,1-2H3,(H,17,21). The number of carbonyl (C=O) groups excluding carboxylic acids is 1. The second-order valence-electron chi connectivity index (χ2n) is 6.34. The molecule has 124 valence electrons. The van der Waals surface area contributed by atoms with Gasteiger partial charge in [-0.25, -0.2) is 4.98 Å². The fraction of sp³-hybridized carbons (Fsp3) is 0.750. The molecule has 1 aromatic heterocycles. The van der Waals surface area contributed by atoms with Gasteiger partial charge in [0.1, 0.15) is 5.01 Å². The van der Waals surface area contributed by atoms with Crippen molar-refractivity contribution in [1.29, 1.82) is 0 Å². The first-order chi connectivity index (χ1) is 10.6. The Bertz CT molecular complexity index is 427. The van der Waals surface area contributed by atoms with E-state index in [0.717, 1.165) is 39.1 Å². The summed E-state index contributed by atoms with van der Waals surface area (Å²) in [6.07, 6.45) is 5.98. The van der Waals surface area contributed by atoms with Crippen molar-refractivity contribution in [3.05, 3.63) is 16.6 Å². The van der Waals surface area contributed by atoms with Crippen LogP contribution in [-0.4, -0.2) is 61.0 Å².